The van der Waals surface area contributed by atoms with E-state index in [1.165, 1.54) is 12.4 Å². The fraction of sp³-hybridized carbons (Fsp3) is 0.333. The summed E-state index contributed by atoms with van der Waals surface area (Å²) in [5, 5.41) is 0. The maximum atomic E-state index is 14.6. The number of ether oxygens (including phenoxy) is 2. The van der Waals surface area contributed by atoms with Gasteiger partial charge >= 0.3 is 12.5 Å². The number of hydrogen-bond donors (Lipinski definition) is 0. The highest BCUT2D eigenvalue weighted by molar-refractivity contribution is 5.56. The summed E-state index contributed by atoms with van der Waals surface area (Å²) in [4.78, 5) is 8.07. The maximum Gasteiger partial charge on any atom is 0.573 e. The molecule has 0 bridgehead atoms. The normalized spacial score (nSPS) is 12.0. The van der Waals surface area contributed by atoms with Crippen molar-refractivity contribution in [3.05, 3.63) is 71.3 Å². The van der Waals surface area contributed by atoms with Gasteiger partial charge in [-0.15, -0.1) is 13.2 Å². The molecular weight excluding hydrogens is 500 g/mol. The summed E-state index contributed by atoms with van der Waals surface area (Å²) >= 11 is 0. The molecule has 1 heterocycles. The van der Waals surface area contributed by atoms with Crippen molar-refractivity contribution in [1.82, 2.24) is 9.97 Å². The molecule has 0 aliphatic rings. The van der Waals surface area contributed by atoms with Crippen LogP contribution in [0.1, 0.15) is 43.7 Å². The summed E-state index contributed by atoms with van der Waals surface area (Å²) in [7, 11) is 0. The van der Waals surface area contributed by atoms with E-state index in [-0.39, 0.29) is 17.5 Å². The van der Waals surface area contributed by atoms with Crippen molar-refractivity contribution in [2.45, 2.75) is 51.5 Å². The molecule has 1 aromatic heterocycles. The molecule has 0 N–H and O–H groups in total. The molecule has 194 valence electrons. The Morgan fingerprint density at radius 1 is 0.778 bits per heavy atom. The van der Waals surface area contributed by atoms with Gasteiger partial charge in [-0.25, -0.2) is 23.1 Å². The van der Waals surface area contributed by atoms with Crippen LogP contribution in [0.2, 0.25) is 0 Å². The lowest BCUT2D eigenvalue weighted by molar-refractivity contribution is -0.275. The summed E-state index contributed by atoms with van der Waals surface area (Å²) in [5.41, 5.74) is -1.18. The number of alkyl halides is 5. The molecular formula is C24H20F8N2O2. The van der Waals surface area contributed by atoms with Crippen molar-refractivity contribution in [3.8, 4) is 22.9 Å². The van der Waals surface area contributed by atoms with Crippen molar-refractivity contribution < 1.29 is 44.6 Å². The van der Waals surface area contributed by atoms with Crippen molar-refractivity contribution in [2.75, 3.05) is 0 Å². The lowest BCUT2D eigenvalue weighted by Crippen LogP contribution is -2.25. The van der Waals surface area contributed by atoms with Crippen LogP contribution in [0.5, 0.6) is 11.5 Å². The summed E-state index contributed by atoms with van der Waals surface area (Å²) < 4.78 is 116. The molecule has 0 spiro atoms. The average Bonchev–Trinajstić information content (AvgIpc) is 2.77. The highest BCUT2D eigenvalue weighted by atomic mass is 19.4. The maximum absolute atomic E-state index is 14.6. The third-order valence-electron chi connectivity index (χ3n) is 4.99. The van der Waals surface area contributed by atoms with E-state index in [0.717, 1.165) is 37.7 Å². The van der Waals surface area contributed by atoms with Gasteiger partial charge in [-0.3, -0.25) is 0 Å². The molecule has 0 radical (unpaired) electrons. The van der Waals surface area contributed by atoms with E-state index in [4.69, 9.17) is 0 Å². The smallest absolute Gasteiger partial charge is 0.429 e. The monoisotopic (exact) mass is 520 g/mol. The zero-order chi connectivity index (χ0) is 26.5. The fourth-order valence-electron chi connectivity index (χ4n) is 3.32. The van der Waals surface area contributed by atoms with Crippen LogP contribution in [0, 0.1) is 17.5 Å². The lowest BCUT2D eigenvalue weighted by atomic mass is 10.1. The van der Waals surface area contributed by atoms with Crippen LogP contribution in [0.15, 0.2) is 42.7 Å². The van der Waals surface area contributed by atoms with Gasteiger partial charge in [-0.1, -0.05) is 26.2 Å². The first-order chi connectivity index (χ1) is 16.9. The van der Waals surface area contributed by atoms with Crippen LogP contribution in [-0.4, -0.2) is 16.3 Å². The molecule has 0 amide bonds. The number of rotatable bonds is 10. The summed E-state index contributed by atoms with van der Waals surface area (Å²) in [6.45, 7) is 2.08. The average molecular weight is 520 g/mol. The highest BCUT2D eigenvalue weighted by Crippen LogP contribution is 2.38. The van der Waals surface area contributed by atoms with E-state index in [9.17, 15) is 35.1 Å². The number of nitrogens with zero attached hydrogens (tertiary/aromatic N) is 2. The Kier molecular flexibility index (Phi) is 8.36. The molecule has 0 aliphatic carbocycles. The molecule has 0 aliphatic heterocycles. The van der Waals surface area contributed by atoms with Crippen LogP contribution in [0.25, 0.3) is 11.4 Å². The van der Waals surface area contributed by atoms with E-state index in [2.05, 4.69) is 26.4 Å². The molecule has 36 heavy (non-hydrogen) atoms. The van der Waals surface area contributed by atoms with Gasteiger partial charge in [0.2, 0.25) is 0 Å². The van der Waals surface area contributed by atoms with Crippen molar-refractivity contribution in [1.29, 1.82) is 0 Å². The predicted octanol–water partition coefficient (Wildman–Crippen LogP) is 7.71. The van der Waals surface area contributed by atoms with Gasteiger partial charge in [0, 0.05) is 24.0 Å². The minimum atomic E-state index is -5.22. The molecule has 12 heteroatoms. The van der Waals surface area contributed by atoms with Crippen molar-refractivity contribution in [2.24, 2.45) is 0 Å². The Morgan fingerprint density at radius 3 is 1.97 bits per heavy atom. The van der Waals surface area contributed by atoms with Gasteiger partial charge in [0.25, 0.3) is 0 Å². The lowest BCUT2D eigenvalue weighted by Gasteiger charge is -2.20. The second-order valence-electron chi connectivity index (χ2n) is 7.80. The minimum Gasteiger partial charge on any atom is -0.429 e. The Hall–Kier alpha value is -3.44. The van der Waals surface area contributed by atoms with Gasteiger partial charge in [-0.2, -0.15) is 8.78 Å². The molecule has 0 atom stereocenters. The van der Waals surface area contributed by atoms with E-state index >= 15 is 0 Å². The fourth-order valence-corrected chi connectivity index (χ4v) is 3.32. The number of hydrogen-bond acceptors (Lipinski definition) is 4. The third kappa shape index (κ3) is 7.05. The zero-order valence-corrected chi connectivity index (χ0v) is 18.8. The van der Waals surface area contributed by atoms with Crippen LogP contribution in [0.4, 0.5) is 35.1 Å². The quantitative estimate of drug-likeness (QED) is 0.203. The molecule has 3 aromatic rings. The Balaban J connectivity index is 1.78. The van der Waals surface area contributed by atoms with Gasteiger partial charge in [-0.05, 0) is 42.7 Å². The predicted molar refractivity (Wildman–Crippen MR) is 113 cm³/mol. The first-order valence-corrected chi connectivity index (χ1v) is 10.8. The Morgan fingerprint density at radius 2 is 1.42 bits per heavy atom. The molecule has 0 fully saturated rings. The first-order valence-electron chi connectivity index (χ1n) is 10.8. The van der Waals surface area contributed by atoms with E-state index in [1.54, 1.807) is 0 Å². The second-order valence-corrected chi connectivity index (χ2v) is 7.80. The number of unbranched alkanes of at least 4 members (excludes halogenated alkanes) is 3. The standard InChI is InChI=1S/C24H20F8N2O2/c1-2-3-4-5-6-14-12-33-22(34-13-14)15-9-18(26)21(19(27)10-15)23(28,29)35-16-7-8-20(17(25)11-16)36-24(30,31)32/h7-13H,2-6H2,1H3. The number of aryl methyl sites for hydroxylation is 1. The second kappa shape index (κ2) is 11.1. The van der Waals surface area contributed by atoms with Crippen LogP contribution >= 0.6 is 0 Å². The van der Waals surface area contributed by atoms with Crippen LogP contribution in [-0.2, 0) is 12.5 Å². The zero-order valence-electron chi connectivity index (χ0n) is 18.8. The Labute approximate surface area is 200 Å². The SMILES string of the molecule is CCCCCCc1cnc(-c2cc(F)c(C(F)(F)Oc3ccc(OC(F)(F)F)c(F)c3)c(F)c2)nc1. The van der Waals surface area contributed by atoms with Gasteiger partial charge in [0.05, 0.1) is 0 Å². The summed E-state index contributed by atoms with van der Waals surface area (Å²) in [6.07, 6.45) is -2.06. The summed E-state index contributed by atoms with van der Waals surface area (Å²) in [6, 6.07) is 2.26. The van der Waals surface area contributed by atoms with E-state index in [1.807, 2.05) is 0 Å². The third-order valence-corrected chi connectivity index (χ3v) is 4.99. The van der Waals surface area contributed by atoms with Gasteiger partial charge in [0.1, 0.15) is 22.9 Å². The van der Waals surface area contributed by atoms with Gasteiger partial charge < -0.3 is 9.47 Å². The molecule has 2 aromatic carbocycles. The topological polar surface area (TPSA) is 44.2 Å². The van der Waals surface area contributed by atoms with Crippen LogP contribution in [0.3, 0.4) is 0 Å². The number of aromatic nitrogens is 2. The minimum absolute atomic E-state index is 0.0942. The number of halogens is 8. The molecule has 0 saturated carbocycles. The highest BCUT2D eigenvalue weighted by Gasteiger charge is 2.41. The number of benzene rings is 2. The largest absolute Gasteiger partial charge is 0.573 e. The molecule has 0 saturated heterocycles. The van der Waals surface area contributed by atoms with E-state index in [0.29, 0.717) is 24.3 Å². The van der Waals surface area contributed by atoms with Crippen molar-refractivity contribution >= 4 is 0 Å². The summed E-state index contributed by atoms with van der Waals surface area (Å²) in [5.74, 6) is -7.45. The first kappa shape index (κ1) is 27.2. The van der Waals surface area contributed by atoms with E-state index < -0.39 is 47.0 Å². The molecule has 3 rings (SSSR count). The molecule has 0 unspecified atom stereocenters. The van der Waals surface area contributed by atoms with Crippen molar-refractivity contribution in [3.63, 3.8) is 0 Å². The molecule has 4 nitrogen and oxygen atoms in total. The van der Waals surface area contributed by atoms with Crippen LogP contribution < -0.4 is 9.47 Å². The Bertz CT molecular complexity index is 1160. The van der Waals surface area contributed by atoms with Gasteiger partial charge in [0.15, 0.2) is 17.4 Å².